The van der Waals surface area contributed by atoms with E-state index in [0.717, 1.165) is 11.1 Å². The van der Waals surface area contributed by atoms with E-state index in [1.54, 1.807) is 30.4 Å². The molecule has 0 atom stereocenters. The van der Waals surface area contributed by atoms with Gasteiger partial charge in [-0.2, -0.15) is 0 Å². The van der Waals surface area contributed by atoms with Gasteiger partial charge in [0.25, 0.3) is 11.8 Å². The van der Waals surface area contributed by atoms with E-state index in [9.17, 15) is 14.0 Å². The van der Waals surface area contributed by atoms with Gasteiger partial charge in [-0.3, -0.25) is 19.5 Å². The number of hydrogen-bond donors (Lipinski definition) is 0. The van der Waals surface area contributed by atoms with E-state index in [1.165, 1.54) is 29.2 Å². The highest BCUT2D eigenvalue weighted by molar-refractivity contribution is 6.35. The topological polar surface area (TPSA) is 53.5 Å². The second-order valence-electron chi connectivity index (χ2n) is 7.13. The van der Waals surface area contributed by atoms with Crippen molar-refractivity contribution < 1.29 is 14.0 Å². The van der Waals surface area contributed by atoms with Gasteiger partial charge in [0.2, 0.25) is 0 Å². The predicted octanol–water partition coefficient (Wildman–Crippen LogP) is 3.63. The normalized spacial score (nSPS) is 13.9. The Bertz CT molecular complexity index is 1100. The summed E-state index contributed by atoms with van der Waals surface area (Å²) in [6.45, 7) is 0.583. The van der Waals surface area contributed by atoms with Gasteiger partial charge in [0.15, 0.2) is 0 Å². The Morgan fingerprint density at radius 1 is 0.900 bits per heavy atom. The Labute approximate surface area is 174 Å². The standard InChI is InChI=1S/C24H20FN3O2/c1-27(15-17-6-3-2-4-7-17)22-21(19-9-11-20(25)12-10-19)23(29)28(24(22)30)16-18-8-5-13-26-14-18/h2-14H,15-16H2,1H3. The summed E-state index contributed by atoms with van der Waals surface area (Å²) >= 11 is 0. The third-order valence-electron chi connectivity index (χ3n) is 4.98. The number of benzene rings is 2. The second kappa shape index (κ2) is 8.29. The highest BCUT2D eigenvalue weighted by atomic mass is 19.1. The van der Waals surface area contributed by atoms with Crippen LogP contribution in [-0.4, -0.2) is 33.6 Å². The van der Waals surface area contributed by atoms with Crippen LogP contribution in [0.15, 0.2) is 84.8 Å². The van der Waals surface area contributed by atoms with Gasteiger partial charge in [-0.1, -0.05) is 48.5 Å². The fourth-order valence-electron chi connectivity index (χ4n) is 3.55. The van der Waals surface area contributed by atoms with E-state index in [1.807, 2.05) is 36.4 Å². The van der Waals surface area contributed by atoms with Crippen molar-refractivity contribution in [2.75, 3.05) is 7.05 Å². The minimum Gasteiger partial charge on any atom is -0.365 e. The van der Waals surface area contributed by atoms with Crippen molar-refractivity contribution in [1.82, 2.24) is 14.8 Å². The SMILES string of the molecule is CN(Cc1ccccc1)C1=C(c2ccc(F)cc2)C(=O)N(Cc2cccnc2)C1=O. The van der Waals surface area contributed by atoms with Gasteiger partial charge < -0.3 is 4.90 Å². The number of nitrogens with zero attached hydrogens (tertiary/aromatic N) is 3. The van der Waals surface area contributed by atoms with Crippen molar-refractivity contribution in [2.45, 2.75) is 13.1 Å². The Morgan fingerprint density at radius 2 is 1.60 bits per heavy atom. The summed E-state index contributed by atoms with van der Waals surface area (Å²) in [4.78, 5) is 33.6. The van der Waals surface area contributed by atoms with Crippen LogP contribution in [0.2, 0.25) is 0 Å². The first-order chi connectivity index (χ1) is 14.5. The van der Waals surface area contributed by atoms with Crippen LogP contribution in [0.1, 0.15) is 16.7 Å². The number of rotatable bonds is 6. The maximum atomic E-state index is 13.5. The molecule has 0 saturated heterocycles. The van der Waals surface area contributed by atoms with Crippen LogP contribution in [0.5, 0.6) is 0 Å². The van der Waals surface area contributed by atoms with Gasteiger partial charge >= 0.3 is 0 Å². The van der Waals surface area contributed by atoms with Crippen LogP contribution in [0.3, 0.4) is 0 Å². The molecule has 2 heterocycles. The molecule has 2 aromatic carbocycles. The average molecular weight is 401 g/mol. The first-order valence-corrected chi connectivity index (χ1v) is 9.55. The molecule has 0 fully saturated rings. The summed E-state index contributed by atoms with van der Waals surface area (Å²) in [6.07, 6.45) is 3.27. The second-order valence-corrected chi connectivity index (χ2v) is 7.13. The lowest BCUT2D eigenvalue weighted by Gasteiger charge is -2.21. The van der Waals surface area contributed by atoms with E-state index in [2.05, 4.69) is 4.98 Å². The van der Waals surface area contributed by atoms with Gasteiger partial charge in [-0.05, 0) is 34.9 Å². The summed E-state index contributed by atoms with van der Waals surface area (Å²) < 4.78 is 13.5. The number of imide groups is 1. The molecule has 150 valence electrons. The smallest absolute Gasteiger partial charge is 0.278 e. The molecule has 0 spiro atoms. The Hall–Kier alpha value is -3.80. The van der Waals surface area contributed by atoms with E-state index in [-0.39, 0.29) is 18.0 Å². The van der Waals surface area contributed by atoms with E-state index in [4.69, 9.17) is 0 Å². The number of pyridine rings is 1. The van der Waals surface area contributed by atoms with Gasteiger partial charge in [0.1, 0.15) is 11.5 Å². The van der Waals surface area contributed by atoms with Crippen molar-refractivity contribution >= 4 is 17.4 Å². The lowest BCUT2D eigenvalue weighted by molar-refractivity contribution is -0.138. The molecule has 0 bridgehead atoms. The molecular formula is C24H20FN3O2. The monoisotopic (exact) mass is 401 g/mol. The van der Waals surface area contributed by atoms with Gasteiger partial charge in [-0.15, -0.1) is 0 Å². The third kappa shape index (κ3) is 3.85. The first-order valence-electron chi connectivity index (χ1n) is 9.55. The van der Waals surface area contributed by atoms with Crippen LogP contribution in [0.25, 0.3) is 5.57 Å². The van der Waals surface area contributed by atoms with Crippen molar-refractivity contribution in [2.24, 2.45) is 0 Å². The minimum atomic E-state index is -0.400. The molecule has 3 aromatic rings. The number of hydrogen-bond acceptors (Lipinski definition) is 4. The summed E-state index contributed by atoms with van der Waals surface area (Å²) in [5.41, 5.74) is 2.86. The Balaban J connectivity index is 1.72. The molecule has 1 aliphatic rings. The van der Waals surface area contributed by atoms with E-state index in [0.29, 0.717) is 17.8 Å². The Kier molecular flexibility index (Phi) is 5.39. The van der Waals surface area contributed by atoms with Gasteiger partial charge in [0.05, 0.1) is 12.1 Å². The maximum absolute atomic E-state index is 13.5. The molecule has 0 saturated carbocycles. The Morgan fingerprint density at radius 3 is 2.27 bits per heavy atom. The number of likely N-dealkylation sites (N-methyl/N-ethyl adjacent to an activating group) is 1. The van der Waals surface area contributed by atoms with Crippen molar-refractivity contribution in [3.8, 4) is 0 Å². The number of aromatic nitrogens is 1. The fourth-order valence-corrected chi connectivity index (χ4v) is 3.55. The number of carbonyl (C=O) groups is 2. The zero-order chi connectivity index (χ0) is 21.1. The number of carbonyl (C=O) groups excluding carboxylic acids is 2. The van der Waals surface area contributed by atoms with Crippen LogP contribution in [0, 0.1) is 5.82 Å². The first kappa shape index (κ1) is 19.5. The predicted molar refractivity (Wildman–Crippen MR) is 111 cm³/mol. The average Bonchev–Trinajstić information content (AvgIpc) is 3.00. The van der Waals surface area contributed by atoms with Crippen molar-refractivity contribution in [1.29, 1.82) is 0 Å². The molecule has 1 aromatic heterocycles. The molecule has 0 N–H and O–H groups in total. The summed E-state index contributed by atoms with van der Waals surface area (Å²) in [5.74, 6) is -1.17. The molecule has 5 nitrogen and oxygen atoms in total. The zero-order valence-corrected chi connectivity index (χ0v) is 16.5. The third-order valence-corrected chi connectivity index (χ3v) is 4.98. The molecule has 2 amide bonds. The molecular weight excluding hydrogens is 381 g/mol. The fraction of sp³-hybridized carbons (Fsp3) is 0.125. The van der Waals surface area contributed by atoms with Crippen LogP contribution >= 0.6 is 0 Å². The van der Waals surface area contributed by atoms with E-state index >= 15 is 0 Å². The summed E-state index contributed by atoms with van der Waals surface area (Å²) in [6, 6.07) is 18.9. The molecule has 0 radical (unpaired) electrons. The van der Waals surface area contributed by atoms with Crippen LogP contribution in [0.4, 0.5) is 4.39 Å². The molecule has 6 heteroatoms. The molecule has 4 rings (SSSR count). The molecule has 0 aliphatic carbocycles. The summed E-state index contributed by atoms with van der Waals surface area (Å²) in [7, 11) is 1.78. The molecule has 1 aliphatic heterocycles. The minimum absolute atomic E-state index is 0.124. The quantitative estimate of drug-likeness (QED) is 0.592. The van der Waals surface area contributed by atoms with Crippen molar-refractivity contribution in [3.63, 3.8) is 0 Å². The zero-order valence-electron chi connectivity index (χ0n) is 16.5. The van der Waals surface area contributed by atoms with Gasteiger partial charge in [-0.25, -0.2) is 4.39 Å². The largest absolute Gasteiger partial charge is 0.365 e. The maximum Gasteiger partial charge on any atom is 0.278 e. The molecule has 30 heavy (non-hydrogen) atoms. The highest BCUT2D eigenvalue weighted by Crippen LogP contribution is 2.32. The number of amides is 2. The van der Waals surface area contributed by atoms with Crippen LogP contribution < -0.4 is 0 Å². The summed E-state index contributed by atoms with van der Waals surface area (Å²) in [5, 5.41) is 0. The van der Waals surface area contributed by atoms with Crippen LogP contribution in [-0.2, 0) is 22.7 Å². The van der Waals surface area contributed by atoms with Crippen molar-refractivity contribution in [3.05, 3.63) is 107 Å². The highest BCUT2D eigenvalue weighted by Gasteiger charge is 2.40. The number of halogens is 1. The lowest BCUT2D eigenvalue weighted by atomic mass is 10.0. The molecule has 0 unspecified atom stereocenters. The van der Waals surface area contributed by atoms with E-state index < -0.39 is 11.7 Å². The lowest BCUT2D eigenvalue weighted by Crippen LogP contribution is -2.33. The van der Waals surface area contributed by atoms with Gasteiger partial charge in [0, 0.05) is 26.0 Å².